The Balaban J connectivity index is 1.78. The van der Waals surface area contributed by atoms with Crippen molar-refractivity contribution in [1.82, 2.24) is 10.2 Å². The Morgan fingerprint density at radius 3 is 3.05 bits per heavy atom. The first-order valence-corrected chi connectivity index (χ1v) is 7.49. The normalized spacial score (nSPS) is 18.8. The Morgan fingerprint density at radius 2 is 2.38 bits per heavy atom. The van der Waals surface area contributed by atoms with Crippen LogP contribution in [0.4, 0.5) is 5.69 Å². The summed E-state index contributed by atoms with van der Waals surface area (Å²) in [6, 6.07) is 5.51. The number of nitrogens with zero attached hydrogens (tertiary/aromatic N) is 1. The molecule has 1 fully saturated rings. The maximum absolute atomic E-state index is 12.0. The molecular weight excluding hydrogens is 290 g/mol. The van der Waals surface area contributed by atoms with E-state index in [1.54, 1.807) is 6.07 Å². The van der Waals surface area contributed by atoms with E-state index in [0.29, 0.717) is 11.6 Å². The molecule has 1 aromatic rings. The molecule has 1 aliphatic rings. The number of amides is 1. The minimum Gasteiger partial charge on any atom is -0.374 e. The Kier molecular flexibility index (Phi) is 5.99. The van der Waals surface area contributed by atoms with Crippen molar-refractivity contribution in [2.75, 3.05) is 45.2 Å². The summed E-state index contributed by atoms with van der Waals surface area (Å²) < 4.78 is 5.62. The lowest BCUT2D eigenvalue weighted by molar-refractivity contribution is -0.117. The molecule has 1 heterocycles. The maximum atomic E-state index is 12.0. The summed E-state index contributed by atoms with van der Waals surface area (Å²) in [5.74, 6) is -0.0545. The van der Waals surface area contributed by atoms with Gasteiger partial charge >= 0.3 is 0 Å². The van der Waals surface area contributed by atoms with Gasteiger partial charge in [-0.3, -0.25) is 9.69 Å². The summed E-state index contributed by atoms with van der Waals surface area (Å²) in [6.07, 6.45) is 0.144. The van der Waals surface area contributed by atoms with E-state index in [-0.39, 0.29) is 12.0 Å². The van der Waals surface area contributed by atoms with Crippen molar-refractivity contribution in [3.8, 4) is 0 Å². The molecule has 116 valence electrons. The Hall–Kier alpha value is -1.14. The third-order valence-corrected chi connectivity index (χ3v) is 3.80. The van der Waals surface area contributed by atoms with Crippen molar-refractivity contribution in [3.05, 3.63) is 28.8 Å². The SMILES string of the molecule is Cc1ccc(NC(=O)CN(C)CC2CNCCO2)cc1Cl. The van der Waals surface area contributed by atoms with Gasteiger partial charge in [-0.25, -0.2) is 0 Å². The van der Waals surface area contributed by atoms with Crippen LogP contribution >= 0.6 is 11.6 Å². The first-order valence-electron chi connectivity index (χ1n) is 7.11. The molecular formula is C15H22ClN3O2. The average Bonchev–Trinajstić information content (AvgIpc) is 2.43. The number of hydrogen-bond donors (Lipinski definition) is 2. The van der Waals surface area contributed by atoms with Crippen LogP contribution in [0.1, 0.15) is 5.56 Å². The van der Waals surface area contributed by atoms with Crippen molar-refractivity contribution in [2.45, 2.75) is 13.0 Å². The van der Waals surface area contributed by atoms with Crippen molar-refractivity contribution in [1.29, 1.82) is 0 Å². The third-order valence-electron chi connectivity index (χ3n) is 3.39. The number of benzene rings is 1. The van der Waals surface area contributed by atoms with Crippen molar-refractivity contribution < 1.29 is 9.53 Å². The monoisotopic (exact) mass is 311 g/mol. The van der Waals surface area contributed by atoms with Crippen LogP contribution in [0.15, 0.2) is 18.2 Å². The molecule has 1 unspecified atom stereocenters. The summed E-state index contributed by atoms with van der Waals surface area (Å²) in [5.41, 5.74) is 1.72. The lowest BCUT2D eigenvalue weighted by Gasteiger charge is -2.27. The van der Waals surface area contributed by atoms with Gasteiger partial charge in [0, 0.05) is 30.3 Å². The molecule has 1 saturated heterocycles. The van der Waals surface area contributed by atoms with Crippen LogP contribution in [0.3, 0.4) is 0 Å². The van der Waals surface area contributed by atoms with E-state index >= 15 is 0 Å². The van der Waals surface area contributed by atoms with Gasteiger partial charge in [-0.1, -0.05) is 17.7 Å². The molecule has 0 saturated carbocycles. The first-order chi connectivity index (χ1) is 10.0. The predicted molar refractivity (Wildman–Crippen MR) is 84.9 cm³/mol. The standard InChI is InChI=1S/C15H22ClN3O2/c1-11-3-4-12(7-14(11)16)18-15(20)10-19(2)9-13-8-17-5-6-21-13/h3-4,7,13,17H,5-6,8-10H2,1-2H3,(H,18,20). The highest BCUT2D eigenvalue weighted by atomic mass is 35.5. The zero-order valence-corrected chi connectivity index (χ0v) is 13.2. The molecule has 5 nitrogen and oxygen atoms in total. The van der Waals surface area contributed by atoms with E-state index < -0.39 is 0 Å². The fraction of sp³-hybridized carbons (Fsp3) is 0.533. The highest BCUT2D eigenvalue weighted by Gasteiger charge is 2.17. The summed E-state index contributed by atoms with van der Waals surface area (Å²) in [6.45, 7) is 5.45. The van der Waals surface area contributed by atoms with Gasteiger partial charge in [-0.05, 0) is 31.7 Å². The number of morpholine rings is 1. The molecule has 21 heavy (non-hydrogen) atoms. The fourth-order valence-corrected chi connectivity index (χ4v) is 2.45. The van der Waals surface area contributed by atoms with Gasteiger partial charge < -0.3 is 15.4 Å². The van der Waals surface area contributed by atoms with Crippen LogP contribution in [0, 0.1) is 6.92 Å². The number of halogens is 1. The first kappa shape index (κ1) is 16.2. The number of carbonyl (C=O) groups excluding carboxylic acids is 1. The molecule has 1 aliphatic heterocycles. The zero-order chi connectivity index (χ0) is 15.2. The lowest BCUT2D eigenvalue weighted by Crippen LogP contribution is -2.45. The van der Waals surface area contributed by atoms with Gasteiger partial charge in [-0.15, -0.1) is 0 Å². The predicted octanol–water partition coefficient (Wildman–Crippen LogP) is 1.51. The molecule has 6 heteroatoms. The maximum Gasteiger partial charge on any atom is 0.238 e. The average molecular weight is 312 g/mol. The molecule has 1 aromatic carbocycles. The van der Waals surface area contributed by atoms with E-state index in [2.05, 4.69) is 10.6 Å². The molecule has 2 rings (SSSR count). The number of ether oxygens (including phenoxy) is 1. The molecule has 0 aromatic heterocycles. The highest BCUT2D eigenvalue weighted by Crippen LogP contribution is 2.19. The lowest BCUT2D eigenvalue weighted by atomic mass is 10.2. The van der Waals surface area contributed by atoms with E-state index in [1.807, 2.05) is 31.0 Å². The summed E-state index contributed by atoms with van der Waals surface area (Å²) in [4.78, 5) is 14.0. The Labute approximate surface area is 130 Å². The molecule has 1 amide bonds. The van der Waals surface area contributed by atoms with Gasteiger partial charge in [0.25, 0.3) is 0 Å². The number of anilines is 1. The second-order valence-electron chi connectivity index (χ2n) is 5.41. The van der Waals surface area contributed by atoms with Crippen LogP contribution < -0.4 is 10.6 Å². The molecule has 0 bridgehead atoms. The number of aryl methyl sites for hydroxylation is 1. The molecule has 2 N–H and O–H groups in total. The van der Waals surface area contributed by atoms with E-state index in [9.17, 15) is 4.79 Å². The summed E-state index contributed by atoms with van der Waals surface area (Å²) in [5, 5.41) is 6.79. The van der Waals surface area contributed by atoms with Crippen molar-refractivity contribution >= 4 is 23.2 Å². The Morgan fingerprint density at radius 1 is 1.57 bits per heavy atom. The largest absolute Gasteiger partial charge is 0.374 e. The van der Waals surface area contributed by atoms with Crippen molar-refractivity contribution in [2.24, 2.45) is 0 Å². The third kappa shape index (κ3) is 5.28. The zero-order valence-electron chi connectivity index (χ0n) is 12.5. The van der Waals surface area contributed by atoms with Crippen LogP contribution in [-0.2, 0) is 9.53 Å². The number of nitrogens with one attached hydrogen (secondary N) is 2. The molecule has 0 radical (unpaired) electrons. The number of likely N-dealkylation sites (N-methyl/N-ethyl adjacent to an activating group) is 1. The van der Waals surface area contributed by atoms with Crippen LogP contribution in [-0.4, -0.2) is 56.7 Å². The van der Waals surface area contributed by atoms with Gasteiger partial charge in [0.1, 0.15) is 0 Å². The summed E-state index contributed by atoms with van der Waals surface area (Å²) >= 11 is 6.05. The molecule has 0 aliphatic carbocycles. The van der Waals surface area contributed by atoms with E-state index in [1.165, 1.54) is 0 Å². The topological polar surface area (TPSA) is 53.6 Å². The second kappa shape index (κ2) is 7.75. The van der Waals surface area contributed by atoms with Crippen molar-refractivity contribution in [3.63, 3.8) is 0 Å². The summed E-state index contributed by atoms with van der Waals surface area (Å²) in [7, 11) is 1.92. The molecule has 0 spiro atoms. The van der Waals surface area contributed by atoms with Gasteiger partial charge in [0.2, 0.25) is 5.91 Å². The highest BCUT2D eigenvalue weighted by molar-refractivity contribution is 6.31. The fourth-order valence-electron chi connectivity index (χ4n) is 2.27. The number of rotatable bonds is 5. The van der Waals surface area contributed by atoms with Crippen LogP contribution in [0.5, 0.6) is 0 Å². The Bertz CT molecular complexity index is 490. The number of hydrogen-bond acceptors (Lipinski definition) is 4. The van der Waals surface area contributed by atoms with Gasteiger partial charge in [0.05, 0.1) is 19.3 Å². The number of carbonyl (C=O) groups is 1. The second-order valence-corrected chi connectivity index (χ2v) is 5.81. The minimum absolute atomic E-state index is 0.0545. The van der Waals surface area contributed by atoms with Gasteiger partial charge in [0.15, 0.2) is 0 Å². The minimum atomic E-state index is -0.0545. The van der Waals surface area contributed by atoms with E-state index in [4.69, 9.17) is 16.3 Å². The van der Waals surface area contributed by atoms with Crippen LogP contribution in [0.25, 0.3) is 0 Å². The van der Waals surface area contributed by atoms with Crippen LogP contribution in [0.2, 0.25) is 5.02 Å². The quantitative estimate of drug-likeness (QED) is 0.865. The molecule has 1 atom stereocenters. The van der Waals surface area contributed by atoms with Gasteiger partial charge in [-0.2, -0.15) is 0 Å². The smallest absolute Gasteiger partial charge is 0.238 e. The van der Waals surface area contributed by atoms with E-state index in [0.717, 1.165) is 37.5 Å².